The Morgan fingerprint density at radius 2 is 1.76 bits per heavy atom. The molecule has 0 saturated heterocycles. The predicted molar refractivity (Wildman–Crippen MR) is 78.6 cm³/mol. The van der Waals surface area contributed by atoms with Crippen molar-refractivity contribution in [3.63, 3.8) is 0 Å². The first-order chi connectivity index (χ1) is 10.1. The Kier molecular flexibility index (Phi) is 2.44. The van der Waals surface area contributed by atoms with E-state index in [4.69, 9.17) is 4.18 Å². The Labute approximate surface area is 124 Å². The number of amides is 1. The van der Waals surface area contributed by atoms with Gasteiger partial charge in [0.15, 0.2) is 0 Å². The maximum Gasteiger partial charge on any atom is 0.351 e. The minimum atomic E-state index is -2.20. The molecule has 4 nitrogen and oxygen atoms in total. The quantitative estimate of drug-likeness (QED) is 0.750. The van der Waals surface area contributed by atoms with Gasteiger partial charge in [-0.3, -0.25) is 9.10 Å². The van der Waals surface area contributed by atoms with Crippen LogP contribution in [0.1, 0.15) is 22.8 Å². The second-order valence-corrected chi connectivity index (χ2v) is 7.59. The van der Waals surface area contributed by atoms with Gasteiger partial charge in [-0.1, -0.05) is 30.3 Å². The molecule has 0 N–H and O–H groups in total. The molecule has 1 spiro atoms. The second kappa shape index (κ2) is 4.11. The van der Waals surface area contributed by atoms with E-state index in [0.29, 0.717) is 12.1 Å². The van der Waals surface area contributed by atoms with Crippen molar-refractivity contribution in [3.8, 4) is 0 Å². The number of fused-ring (bicyclic) bond motifs is 4. The van der Waals surface area contributed by atoms with Crippen LogP contribution < -0.4 is 0 Å². The SMILES string of the molecule is CC(=O)N1Cc2ccccc2S12OC(=O)c1ccccc12. The van der Waals surface area contributed by atoms with Gasteiger partial charge >= 0.3 is 5.97 Å². The van der Waals surface area contributed by atoms with E-state index >= 15 is 0 Å². The first-order valence-electron chi connectivity index (χ1n) is 6.67. The van der Waals surface area contributed by atoms with Gasteiger partial charge in [0.25, 0.3) is 0 Å². The average molecular weight is 299 g/mol. The Bertz CT molecular complexity index is 789. The molecule has 1 unspecified atom stereocenters. The third-order valence-electron chi connectivity index (χ3n) is 3.85. The van der Waals surface area contributed by atoms with Crippen molar-refractivity contribution in [2.45, 2.75) is 23.3 Å². The number of rotatable bonds is 0. The van der Waals surface area contributed by atoms with Crippen molar-refractivity contribution in [2.75, 3.05) is 0 Å². The fourth-order valence-corrected chi connectivity index (χ4v) is 6.40. The van der Waals surface area contributed by atoms with Crippen LogP contribution in [0.25, 0.3) is 0 Å². The first-order valence-corrected chi connectivity index (χ1v) is 8.18. The molecule has 0 aromatic heterocycles. The molecule has 106 valence electrons. The Hall–Kier alpha value is -2.27. The van der Waals surface area contributed by atoms with Crippen LogP contribution in [-0.2, 0) is 15.5 Å². The van der Waals surface area contributed by atoms with Crippen LogP contribution in [0.5, 0.6) is 0 Å². The van der Waals surface area contributed by atoms with Crippen LogP contribution >= 0.6 is 10.5 Å². The van der Waals surface area contributed by atoms with Gasteiger partial charge in [0, 0.05) is 17.4 Å². The van der Waals surface area contributed by atoms with Crippen molar-refractivity contribution in [1.82, 2.24) is 4.31 Å². The number of benzene rings is 2. The lowest BCUT2D eigenvalue weighted by molar-refractivity contribution is -0.124. The molecule has 0 aliphatic carbocycles. The molecule has 0 bridgehead atoms. The molecule has 21 heavy (non-hydrogen) atoms. The topological polar surface area (TPSA) is 46.6 Å². The van der Waals surface area contributed by atoms with Gasteiger partial charge < -0.3 is 4.18 Å². The molecule has 0 radical (unpaired) electrons. The predicted octanol–water partition coefficient (Wildman–Crippen LogP) is 3.27. The van der Waals surface area contributed by atoms with E-state index in [0.717, 1.165) is 15.4 Å². The molecule has 1 atom stereocenters. The zero-order valence-corrected chi connectivity index (χ0v) is 12.2. The number of hydrogen-bond donors (Lipinski definition) is 0. The van der Waals surface area contributed by atoms with Crippen LogP contribution in [-0.4, -0.2) is 16.2 Å². The maximum absolute atomic E-state index is 12.3. The minimum absolute atomic E-state index is 0.0781. The summed E-state index contributed by atoms with van der Waals surface area (Å²) in [7, 11) is -2.20. The van der Waals surface area contributed by atoms with Crippen molar-refractivity contribution < 1.29 is 13.8 Å². The average Bonchev–Trinajstić information content (AvgIpc) is 2.98. The highest BCUT2D eigenvalue weighted by molar-refractivity contribution is 8.29. The molecule has 2 aliphatic heterocycles. The van der Waals surface area contributed by atoms with E-state index in [9.17, 15) is 9.59 Å². The molecule has 5 heteroatoms. The van der Waals surface area contributed by atoms with Crippen LogP contribution in [0.3, 0.4) is 0 Å². The summed E-state index contributed by atoms with van der Waals surface area (Å²) in [5.74, 6) is -0.422. The van der Waals surface area contributed by atoms with Crippen LogP contribution in [0.4, 0.5) is 0 Å². The molecule has 4 rings (SSSR count). The number of hydrogen-bond acceptors (Lipinski definition) is 3. The van der Waals surface area contributed by atoms with E-state index in [1.807, 2.05) is 42.5 Å². The van der Waals surface area contributed by atoms with E-state index in [1.165, 1.54) is 6.92 Å². The highest BCUT2D eigenvalue weighted by atomic mass is 32.3. The lowest BCUT2D eigenvalue weighted by atomic mass is 10.2. The molecule has 2 heterocycles. The smallest absolute Gasteiger partial charge is 0.351 e. The molecule has 0 saturated carbocycles. The third-order valence-corrected chi connectivity index (χ3v) is 7.19. The maximum atomic E-state index is 12.3. The molecule has 2 aromatic carbocycles. The van der Waals surface area contributed by atoms with Gasteiger partial charge in [-0.15, -0.1) is 0 Å². The molecule has 2 aliphatic rings. The van der Waals surface area contributed by atoms with E-state index in [1.54, 1.807) is 10.4 Å². The zero-order chi connectivity index (χ0) is 14.6. The van der Waals surface area contributed by atoms with Gasteiger partial charge in [0.05, 0.1) is 21.9 Å². The van der Waals surface area contributed by atoms with E-state index in [2.05, 4.69) is 0 Å². The number of carbonyl (C=O) groups excluding carboxylic acids is 2. The summed E-state index contributed by atoms with van der Waals surface area (Å²) >= 11 is 0. The Morgan fingerprint density at radius 1 is 1.10 bits per heavy atom. The largest absolute Gasteiger partial charge is 0.383 e. The van der Waals surface area contributed by atoms with Gasteiger partial charge in [0.1, 0.15) is 0 Å². The molecule has 2 aromatic rings. The summed E-state index contributed by atoms with van der Waals surface area (Å²) in [5.41, 5.74) is 1.61. The summed E-state index contributed by atoms with van der Waals surface area (Å²) in [6.45, 7) is 2.01. The van der Waals surface area contributed by atoms with Gasteiger partial charge in [0.2, 0.25) is 5.91 Å². The monoisotopic (exact) mass is 299 g/mol. The Balaban J connectivity index is 2.05. The lowest BCUT2D eigenvalue weighted by Crippen LogP contribution is -2.27. The van der Waals surface area contributed by atoms with E-state index in [-0.39, 0.29) is 11.9 Å². The van der Waals surface area contributed by atoms with Crippen LogP contribution in [0, 0.1) is 0 Å². The molecular weight excluding hydrogens is 286 g/mol. The van der Waals surface area contributed by atoms with Gasteiger partial charge in [-0.05, 0) is 23.8 Å². The lowest BCUT2D eigenvalue weighted by Gasteiger charge is -2.38. The van der Waals surface area contributed by atoms with Crippen molar-refractivity contribution in [2.24, 2.45) is 0 Å². The summed E-state index contributed by atoms with van der Waals surface area (Å²) in [4.78, 5) is 26.2. The van der Waals surface area contributed by atoms with Crippen molar-refractivity contribution >= 4 is 22.4 Å². The first kappa shape index (κ1) is 12.5. The standard InChI is InChI=1S/C16H13NO3S/c1-11(18)17-10-12-6-2-4-8-14(12)21(17)15-9-5-3-7-13(15)16(19)20-21/h2-9H,10H2,1H3. The highest BCUT2D eigenvalue weighted by Gasteiger charge is 2.52. The zero-order valence-electron chi connectivity index (χ0n) is 11.4. The number of carbonyl (C=O) groups is 2. The number of nitrogens with zero attached hydrogens (tertiary/aromatic N) is 1. The molecule has 1 amide bonds. The Morgan fingerprint density at radius 3 is 2.52 bits per heavy atom. The summed E-state index contributed by atoms with van der Waals surface area (Å²) in [6, 6.07) is 15.2. The molecule has 0 fully saturated rings. The molecular formula is C16H13NO3S. The van der Waals surface area contributed by atoms with Gasteiger partial charge in [-0.2, -0.15) is 0 Å². The van der Waals surface area contributed by atoms with Crippen LogP contribution in [0.15, 0.2) is 58.3 Å². The van der Waals surface area contributed by atoms with Gasteiger partial charge in [-0.25, -0.2) is 4.79 Å². The summed E-state index contributed by atoms with van der Waals surface area (Å²) in [6.07, 6.45) is 0. The minimum Gasteiger partial charge on any atom is -0.383 e. The third kappa shape index (κ3) is 1.46. The van der Waals surface area contributed by atoms with Crippen molar-refractivity contribution in [1.29, 1.82) is 0 Å². The van der Waals surface area contributed by atoms with E-state index < -0.39 is 10.5 Å². The second-order valence-electron chi connectivity index (χ2n) is 5.06. The summed E-state index contributed by atoms with van der Waals surface area (Å²) in [5, 5.41) is 0. The fourth-order valence-electron chi connectivity index (χ4n) is 2.96. The normalized spacial score (nSPS) is 25.2. The fraction of sp³-hybridized carbons (Fsp3) is 0.125. The summed E-state index contributed by atoms with van der Waals surface area (Å²) < 4.78 is 7.54. The highest BCUT2D eigenvalue weighted by Crippen LogP contribution is 2.74. The van der Waals surface area contributed by atoms with Crippen LogP contribution in [0.2, 0.25) is 0 Å². The van der Waals surface area contributed by atoms with Crippen molar-refractivity contribution in [3.05, 3.63) is 59.7 Å².